The maximum Gasteiger partial charge on any atom is 0.253 e. The Bertz CT molecular complexity index is 1050. The Kier molecular flexibility index (Phi) is 4.44. The SMILES string of the molecule is CC(=O)Nc1ccnc(N[C@@H](C)c2cc3cc(O)cc(O)c3[nH]c2=O)n1. The van der Waals surface area contributed by atoms with Gasteiger partial charge in [0.15, 0.2) is 0 Å². The lowest BCUT2D eigenvalue weighted by Gasteiger charge is -2.15. The van der Waals surface area contributed by atoms with Gasteiger partial charge in [0.2, 0.25) is 11.9 Å². The minimum absolute atomic E-state index is 0.111. The molecule has 1 amide bonds. The van der Waals surface area contributed by atoms with E-state index in [1.54, 1.807) is 19.1 Å². The van der Waals surface area contributed by atoms with E-state index in [4.69, 9.17) is 0 Å². The number of hydrogen-bond donors (Lipinski definition) is 5. The number of amides is 1. The van der Waals surface area contributed by atoms with Gasteiger partial charge in [0, 0.05) is 30.1 Å². The van der Waals surface area contributed by atoms with Crippen molar-refractivity contribution in [1.82, 2.24) is 15.0 Å². The van der Waals surface area contributed by atoms with E-state index in [9.17, 15) is 19.8 Å². The number of benzene rings is 1. The van der Waals surface area contributed by atoms with E-state index in [0.29, 0.717) is 16.8 Å². The van der Waals surface area contributed by atoms with Crippen LogP contribution in [0.25, 0.3) is 10.9 Å². The number of nitrogens with zero attached hydrogens (tertiary/aromatic N) is 2. The molecule has 0 radical (unpaired) electrons. The molecule has 0 unspecified atom stereocenters. The molecule has 3 aromatic rings. The smallest absolute Gasteiger partial charge is 0.253 e. The summed E-state index contributed by atoms with van der Waals surface area (Å²) in [5.41, 5.74) is 0.222. The predicted molar refractivity (Wildman–Crippen MR) is 96.3 cm³/mol. The fourth-order valence-electron chi connectivity index (χ4n) is 2.57. The first kappa shape index (κ1) is 17.2. The summed E-state index contributed by atoms with van der Waals surface area (Å²) >= 11 is 0. The van der Waals surface area contributed by atoms with E-state index in [2.05, 4.69) is 25.6 Å². The summed E-state index contributed by atoms with van der Waals surface area (Å²) in [5, 5.41) is 25.5. The second-order valence-electron chi connectivity index (χ2n) is 5.80. The number of anilines is 2. The van der Waals surface area contributed by atoms with E-state index >= 15 is 0 Å². The highest BCUT2D eigenvalue weighted by Crippen LogP contribution is 2.28. The molecule has 0 aliphatic carbocycles. The normalized spacial score (nSPS) is 11.9. The van der Waals surface area contributed by atoms with Crippen LogP contribution in [0.5, 0.6) is 11.5 Å². The van der Waals surface area contributed by atoms with Gasteiger partial charge in [-0.1, -0.05) is 0 Å². The van der Waals surface area contributed by atoms with Crippen molar-refractivity contribution in [3.8, 4) is 11.5 Å². The average Bonchev–Trinajstić information content (AvgIpc) is 2.54. The maximum absolute atomic E-state index is 12.3. The predicted octanol–water partition coefficient (Wildman–Crippen LogP) is 1.86. The minimum atomic E-state index is -0.472. The third-order valence-electron chi connectivity index (χ3n) is 3.72. The van der Waals surface area contributed by atoms with E-state index in [1.165, 1.54) is 19.2 Å². The Balaban J connectivity index is 1.93. The molecule has 26 heavy (non-hydrogen) atoms. The summed E-state index contributed by atoms with van der Waals surface area (Å²) in [6.45, 7) is 3.12. The fraction of sp³-hybridized carbons (Fsp3) is 0.176. The molecular formula is C17H17N5O4. The zero-order valence-corrected chi connectivity index (χ0v) is 14.1. The lowest BCUT2D eigenvalue weighted by atomic mass is 10.1. The molecular weight excluding hydrogens is 338 g/mol. The number of hydrogen-bond acceptors (Lipinski definition) is 7. The van der Waals surface area contributed by atoms with Gasteiger partial charge in [0.1, 0.15) is 17.3 Å². The molecule has 2 aromatic heterocycles. The van der Waals surface area contributed by atoms with Gasteiger partial charge in [-0.15, -0.1) is 0 Å². The summed E-state index contributed by atoms with van der Waals surface area (Å²) in [4.78, 5) is 34.3. The van der Waals surface area contributed by atoms with Crippen molar-refractivity contribution in [2.75, 3.05) is 10.6 Å². The van der Waals surface area contributed by atoms with Crippen LogP contribution < -0.4 is 16.2 Å². The van der Waals surface area contributed by atoms with Crippen LogP contribution in [0, 0.1) is 0 Å². The summed E-state index contributed by atoms with van der Waals surface area (Å²) in [5.74, 6) is -0.00434. The van der Waals surface area contributed by atoms with Crippen LogP contribution in [0.4, 0.5) is 11.8 Å². The number of rotatable bonds is 4. The molecule has 0 saturated carbocycles. The molecule has 5 N–H and O–H groups in total. The topological polar surface area (TPSA) is 140 Å². The molecule has 0 aliphatic heterocycles. The molecule has 0 spiro atoms. The first-order valence-corrected chi connectivity index (χ1v) is 7.79. The van der Waals surface area contributed by atoms with Crippen molar-refractivity contribution in [3.05, 3.63) is 46.4 Å². The van der Waals surface area contributed by atoms with Gasteiger partial charge in [-0.05, 0) is 25.1 Å². The van der Waals surface area contributed by atoms with Gasteiger partial charge in [0.25, 0.3) is 5.56 Å². The Labute approximate surface area is 147 Å². The van der Waals surface area contributed by atoms with Crippen LogP contribution in [0.15, 0.2) is 35.3 Å². The first-order valence-electron chi connectivity index (χ1n) is 7.79. The van der Waals surface area contributed by atoms with Gasteiger partial charge >= 0.3 is 0 Å². The van der Waals surface area contributed by atoms with E-state index in [-0.39, 0.29) is 28.9 Å². The van der Waals surface area contributed by atoms with Gasteiger partial charge in [-0.3, -0.25) is 9.59 Å². The molecule has 134 valence electrons. The average molecular weight is 355 g/mol. The first-order chi connectivity index (χ1) is 12.3. The van der Waals surface area contributed by atoms with Gasteiger partial charge in [0.05, 0.1) is 11.6 Å². The molecule has 0 fully saturated rings. The van der Waals surface area contributed by atoms with Crippen molar-refractivity contribution in [3.63, 3.8) is 0 Å². The summed E-state index contributed by atoms with van der Waals surface area (Å²) in [6.07, 6.45) is 1.48. The summed E-state index contributed by atoms with van der Waals surface area (Å²) in [7, 11) is 0. The van der Waals surface area contributed by atoms with E-state index < -0.39 is 11.6 Å². The highest BCUT2D eigenvalue weighted by Gasteiger charge is 2.14. The zero-order valence-electron chi connectivity index (χ0n) is 14.1. The number of aromatic hydroxyl groups is 2. The van der Waals surface area contributed by atoms with Gasteiger partial charge in [-0.2, -0.15) is 4.98 Å². The second-order valence-corrected chi connectivity index (χ2v) is 5.80. The van der Waals surface area contributed by atoms with Crippen LogP contribution in [0.1, 0.15) is 25.5 Å². The quantitative estimate of drug-likeness (QED) is 0.481. The molecule has 0 saturated heterocycles. The van der Waals surface area contributed by atoms with E-state index in [0.717, 1.165) is 6.07 Å². The summed E-state index contributed by atoms with van der Waals surface area (Å²) < 4.78 is 0. The molecule has 1 atom stereocenters. The number of pyridine rings is 1. The Morgan fingerprint density at radius 3 is 2.77 bits per heavy atom. The molecule has 0 bridgehead atoms. The number of phenolic OH excluding ortho intramolecular Hbond substituents is 2. The van der Waals surface area contributed by atoms with E-state index in [1.807, 2.05) is 0 Å². The number of aromatic amines is 1. The van der Waals surface area contributed by atoms with Crippen LogP contribution in [0.3, 0.4) is 0 Å². The largest absolute Gasteiger partial charge is 0.508 e. The molecule has 0 aliphatic rings. The monoisotopic (exact) mass is 355 g/mol. The van der Waals surface area contributed by atoms with Gasteiger partial charge in [-0.25, -0.2) is 4.98 Å². The highest BCUT2D eigenvalue weighted by molar-refractivity contribution is 5.87. The molecule has 9 nitrogen and oxygen atoms in total. The van der Waals surface area contributed by atoms with Gasteiger partial charge < -0.3 is 25.8 Å². The van der Waals surface area contributed by atoms with Crippen molar-refractivity contribution in [2.24, 2.45) is 0 Å². The molecule has 3 rings (SSSR count). The number of carbonyl (C=O) groups excluding carboxylic acids is 1. The fourth-order valence-corrected chi connectivity index (χ4v) is 2.57. The molecule has 9 heteroatoms. The second kappa shape index (κ2) is 6.71. The Morgan fingerprint density at radius 1 is 1.27 bits per heavy atom. The minimum Gasteiger partial charge on any atom is -0.508 e. The number of carbonyl (C=O) groups is 1. The molecule has 1 aromatic carbocycles. The third-order valence-corrected chi connectivity index (χ3v) is 3.72. The van der Waals surface area contributed by atoms with Crippen LogP contribution in [-0.2, 0) is 4.79 Å². The number of aromatic nitrogens is 3. The number of fused-ring (bicyclic) bond motifs is 1. The van der Waals surface area contributed by atoms with Crippen LogP contribution in [0.2, 0.25) is 0 Å². The number of nitrogens with one attached hydrogen (secondary N) is 3. The van der Waals surface area contributed by atoms with Crippen LogP contribution >= 0.6 is 0 Å². The lowest BCUT2D eigenvalue weighted by molar-refractivity contribution is -0.114. The van der Waals surface area contributed by atoms with Crippen molar-refractivity contribution >= 4 is 28.6 Å². The number of H-pyrrole nitrogens is 1. The Hall–Kier alpha value is -3.62. The third kappa shape index (κ3) is 3.56. The highest BCUT2D eigenvalue weighted by atomic mass is 16.3. The Morgan fingerprint density at radius 2 is 2.04 bits per heavy atom. The van der Waals surface area contributed by atoms with Crippen molar-refractivity contribution in [1.29, 1.82) is 0 Å². The van der Waals surface area contributed by atoms with Crippen molar-refractivity contribution in [2.45, 2.75) is 19.9 Å². The van der Waals surface area contributed by atoms with Crippen LogP contribution in [-0.4, -0.2) is 31.1 Å². The standard InChI is InChI=1S/C17H17N5O4/c1-8(19-17-18-4-3-14(21-17)20-9(2)23)12-6-10-5-11(24)7-13(25)15(10)22-16(12)26/h3-8,24-25H,1-2H3,(H,22,26)(H2,18,19,20,21,23)/t8-/m0/s1. The maximum atomic E-state index is 12.3. The lowest BCUT2D eigenvalue weighted by Crippen LogP contribution is -2.20. The van der Waals surface area contributed by atoms with Crippen molar-refractivity contribution < 1.29 is 15.0 Å². The zero-order chi connectivity index (χ0) is 18.8. The molecule has 2 heterocycles. The summed E-state index contributed by atoms with van der Waals surface area (Å²) in [6, 6.07) is 5.24. The number of phenols is 2.